The minimum atomic E-state index is -4.63. The van der Waals surface area contributed by atoms with E-state index in [0.717, 1.165) is 6.07 Å². The monoisotopic (exact) mass is 424 g/mol. The summed E-state index contributed by atoms with van der Waals surface area (Å²) >= 11 is 0.653. The zero-order chi connectivity index (χ0) is 21.3. The number of alkyl halides is 3. The van der Waals surface area contributed by atoms with Gasteiger partial charge in [-0.25, -0.2) is 4.68 Å². The molecule has 1 N–H and O–H groups in total. The van der Waals surface area contributed by atoms with Crippen molar-refractivity contribution in [3.63, 3.8) is 0 Å². The number of carbonyl (C=O) groups is 1. The number of nitro groups is 1. The van der Waals surface area contributed by atoms with Gasteiger partial charge in [-0.2, -0.15) is 18.3 Å². The molecular formula is C18H15F3N4O3S. The normalized spacial score (nSPS) is 11.5. The molecule has 1 amide bonds. The molecule has 2 heterocycles. The Hall–Kier alpha value is -3.21. The van der Waals surface area contributed by atoms with E-state index >= 15 is 0 Å². The van der Waals surface area contributed by atoms with Crippen molar-refractivity contribution in [2.45, 2.75) is 26.6 Å². The lowest BCUT2D eigenvalue weighted by Gasteiger charge is -2.15. The second-order valence-corrected chi connectivity index (χ2v) is 7.32. The molecule has 0 aliphatic heterocycles. The molecule has 7 nitrogen and oxygen atoms in total. The number of hydrogen-bond acceptors (Lipinski definition) is 5. The van der Waals surface area contributed by atoms with Crippen molar-refractivity contribution >= 4 is 22.2 Å². The number of thiophene rings is 1. The standard InChI is InChI=1S/C18H15F3N4O3S/c1-10-7-11(2)24(23-10)13-4-3-12(14(8-13)18(19,20)21)9-22-17(26)15-5-6-16(29-15)25(27)28/h3-8H,9H2,1-2H3,(H,22,26). The van der Waals surface area contributed by atoms with E-state index in [1.165, 1.54) is 28.9 Å². The number of amides is 1. The number of aryl methyl sites for hydroxylation is 2. The van der Waals surface area contributed by atoms with Gasteiger partial charge in [0, 0.05) is 18.3 Å². The number of carbonyl (C=O) groups excluding carboxylic acids is 1. The van der Waals surface area contributed by atoms with Crippen LogP contribution in [0.1, 0.15) is 32.2 Å². The van der Waals surface area contributed by atoms with E-state index in [2.05, 4.69) is 10.4 Å². The summed E-state index contributed by atoms with van der Waals surface area (Å²) in [7, 11) is 0. The van der Waals surface area contributed by atoms with Crippen molar-refractivity contribution in [2.75, 3.05) is 0 Å². The first-order chi connectivity index (χ1) is 13.6. The molecule has 3 rings (SSSR count). The molecule has 152 valence electrons. The van der Waals surface area contributed by atoms with Gasteiger partial charge < -0.3 is 5.32 Å². The zero-order valence-corrected chi connectivity index (χ0v) is 16.1. The SMILES string of the molecule is Cc1cc(C)n(-c2ccc(CNC(=O)c3ccc([N+](=O)[O-])s3)c(C(F)(F)F)c2)n1. The maximum absolute atomic E-state index is 13.6. The highest BCUT2D eigenvalue weighted by Crippen LogP contribution is 2.34. The Morgan fingerprint density at radius 3 is 2.52 bits per heavy atom. The quantitative estimate of drug-likeness (QED) is 0.485. The first-order valence-corrected chi connectivity index (χ1v) is 9.14. The number of nitrogens with one attached hydrogen (secondary N) is 1. The molecule has 3 aromatic rings. The minimum Gasteiger partial charge on any atom is -0.347 e. The molecule has 0 saturated heterocycles. The molecule has 0 aliphatic carbocycles. The Balaban J connectivity index is 1.85. The minimum absolute atomic E-state index is 0.0459. The highest BCUT2D eigenvalue weighted by molar-refractivity contribution is 7.17. The lowest BCUT2D eigenvalue weighted by Crippen LogP contribution is -2.24. The van der Waals surface area contributed by atoms with Crippen LogP contribution in [-0.4, -0.2) is 20.6 Å². The molecule has 11 heteroatoms. The van der Waals surface area contributed by atoms with Gasteiger partial charge in [-0.1, -0.05) is 17.4 Å². The maximum atomic E-state index is 13.6. The summed E-state index contributed by atoms with van der Waals surface area (Å²) in [6, 6.07) is 7.94. The van der Waals surface area contributed by atoms with Crippen LogP contribution in [-0.2, 0) is 12.7 Å². The van der Waals surface area contributed by atoms with E-state index in [4.69, 9.17) is 0 Å². The second kappa shape index (κ2) is 7.66. The van der Waals surface area contributed by atoms with Gasteiger partial charge in [-0.05, 0) is 43.7 Å². The van der Waals surface area contributed by atoms with E-state index in [0.29, 0.717) is 22.7 Å². The van der Waals surface area contributed by atoms with Gasteiger partial charge in [0.15, 0.2) is 0 Å². The summed E-state index contributed by atoms with van der Waals surface area (Å²) < 4.78 is 42.1. The third-order valence-corrected chi connectivity index (χ3v) is 5.12. The predicted molar refractivity (Wildman–Crippen MR) is 100 cm³/mol. The van der Waals surface area contributed by atoms with Crippen LogP contribution in [0.15, 0.2) is 36.4 Å². The molecule has 0 bridgehead atoms. The number of rotatable bonds is 5. The Bertz CT molecular complexity index is 1090. The third kappa shape index (κ3) is 4.45. The average Bonchev–Trinajstić information content (AvgIpc) is 3.25. The van der Waals surface area contributed by atoms with Gasteiger partial charge in [0.1, 0.15) is 0 Å². The second-order valence-electron chi connectivity index (χ2n) is 6.26. The fraction of sp³-hybridized carbons (Fsp3) is 0.222. The van der Waals surface area contributed by atoms with Crippen molar-refractivity contribution in [2.24, 2.45) is 0 Å². The molecule has 0 saturated carbocycles. The summed E-state index contributed by atoms with van der Waals surface area (Å²) in [5.41, 5.74) is 0.613. The molecule has 0 atom stereocenters. The Morgan fingerprint density at radius 2 is 1.97 bits per heavy atom. The summed E-state index contributed by atoms with van der Waals surface area (Å²) in [5, 5.41) is 17.0. The van der Waals surface area contributed by atoms with Gasteiger partial charge >= 0.3 is 11.2 Å². The predicted octanol–water partition coefficient (Wildman–Crippen LogP) is 4.41. The van der Waals surface area contributed by atoms with E-state index in [9.17, 15) is 28.1 Å². The number of hydrogen-bond donors (Lipinski definition) is 1. The molecule has 0 fully saturated rings. The summed E-state index contributed by atoms with van der Waals surface area (Å²) in [6.45, 7) is 3.10. The fourth-order valence-corrected chi connectivity index (χ4v) is 3.55. The largest absolute Gasteiger partial charge is 0.416 e. The average molecular weight is 424 g/mol. The molecule has 2 aromatic heterocycles. The molecule has 0 radical (unpaired) electrons. The van der Waals surface area contributed by atoms with Crippen molar-refractivity contribution in [3.8, 4) is 5.69 Å². The van der Waals surface area contributed by atoms with Crippen molar-refractivity contribution in [3.05, 3.63) is 73.9 Å². The van der Waals surface area contributed by atoms with Crippen LogP contribution < -0.4 is 5.32 Å². The Kier molecular flexibility index (Phi) is 5.42. The molecule has 29 heavy (non-hydrogen) atoms. The van der Waals surface area contributed by atoms with Crippen LogP contribution in [0.2, 0.25) is 0 Å². The molecule has 0 spiro atoms. The van der Waals surface area contributed by atoms with E-state index < -0.39 is 22.6 Å². The van der Waals surface area contributed by atoms with Crippen molar-refractivity contribution in [1.82, 2.24) is 15.1 Å². The first-order valence-electron chi connectivity index (χ1n) is 8.32. The van der Waals surface area contributed by atoms with Crippen LogP contribution in [0.5, 0.6) is 0 Å². The Labute approximate surface area is 166 Å². The van der Waals surface area contributed by atoms with Crippen molar-refractivity contribution in [1.29, 1.82) is 0 Å². The van der Waals surface area contributed by atoms with Crippen LogP contribution >= 0.6 is 11.3 Å². The number of nitrogens with zero attached hydrogens (tertiary/aromatic N) is 3. The molecule has 1 aromatic carbocycles. The van der Waals surface area contributed by atoms with E-state index in [-0.39, 0.29) is 27.7 Å². The summed E-state index contributed by atoms with van der Waals surface area (Å²) in [5.74, 6) is -0.682. The van der Waals surface area contributed by atoms with Gasteiger partial charge in [0.2, 0.25) is 0 Å². The zero-order valence-electron chi connectivity index (χ0n) is 15.3. The highest BCUT2D eigenvalue weighted by Gasteiger charge is 2.34. The fourth-order valence-electron chi connectivity index (χ4n) is 2.81. The van der Waals surface area contributed by atoms with E-state index in [1.807, 2.05) is 0 Å². The van der Waals surface area contributed by atoms with Gasteiger partial charge in [0.25, 0.3) is 5.91 Å². The van der Waals surface area contributed by atoms with Gasteiger partial charge in [0.05, 0.1) is 26.7 Å². The van der Waals surface area contributed by atoms with Crippen LogP contribution in [0.25, 0.3) is 5.69 Å². The maximum Gasteiger partial charge on any atom is 0.416 e. The third-order valence-electron chi connectivity index (χ3n) is 4.09. The summed E-state index contributed by atoms with van der Waals surface area (Å²) in [4.78, 5) is 22.2. The number of benzene rings is 1. The number of halogens is 3. The molecule has 0 unspecified atom stereocenters. The number of aromatic nitrogens is 2. The van der Waals surface area contributed by atoms with Crippen molar-refractivity contribution < 1.29 is 22.9 Å². The first kappa shape index (κ1) is 20.5. The lowest BCUT2D eigenvalue weighted by molar-refractivity contribution is -0.380. The van der Waals surface area contributed by atoms with Crippen LogP contribution in [0.4, 0.5) is 18.2 Å². The van der Waals surface area contributed by atoms with Crippen LogP contribution in [0, 0.1) is 24.0 Å². The smallest absolute Gasteiger partial charge is 0.347 e. The van der Waals surface area contributed by atoms with Gasteiger partial charge in [-0.15, -0.1) is 0 Å². The molecular weight excluding hydrogens is 409 g/mol. The summed E-state index contributed by atoms with van der Waals surface area (Å²) in [6.07, 6.45) is -4.63. The highest BCUT2D eigenvalue weighted by atomic mass is 32.1. The Morgan fingerprint density at radius 1 is 1.24 bits per heavy atom. The van der Waals surface area contributed by atoms with Gasteiger partial charge in [-0.3, -0.25) is 14.9 Å². The topological polar surface area (TPSA) is 90.1 Å². The molecule has 0 aliphatic rings. The lowest BCUT2D eigenvalue weighted by atomic mass is 10.1. The van der Waals surface area contributed by atoms with Crippen LogP contribution in [0.3, 0.4) is 0 Å². The van der Waals surface area contributed by atoms with E-state index in [1.54, 1.807) is 19.9 Å².